The van der Waals surface area contributed by atoms with E-state index in [0.29, 0.717) is 6.61 Å². The van der Waals surface area contributed by atoms with Crippen LogP contribution in [-0.2, 0) is 14.8 Å². The molecule has 1 aliphatic carbocycles. The van der Waals surface area contributed by atoms with Crippen molar-refractivity contribution >= 4 is 10.0 Å². The van der Waals surface area contributed by atoms with Gasteiger partial charge >= 0.3 is 0 Å². The second-order valence-electron chi connectivity index (χ2n) is 5.31. The summed E-state index contributed by atoms with van der Waals surface area (Å²) in [6.45, 7) is 4.40. The van der Waals surface area contributed by atoms with Crippen LogP contribution in [0, 0.1) is 5.92 Å². The highest BCUT2D eigenvalue weighted by Crippen LogP contribution is 2.28. The number of nitrogens with two attached hydrogens (primary N) is 1. The van der Waals surface area contributed by atoms with Gasteiger partial charge < -0.3 is 10.1 Å². The van der Waals surface area contributed by atoms with Crippen LogP contribution in [0.1, 0.15) is 31.4 Å². The van der Waals surface area contributed by atoms with Crippen molar-refractivity contribution in [2.24, 2.45) is 11.1 Å². The molecule has 1 saturated carbocycles. The molecule has 0 bridgehead atoms. The maximum atomic E-state index is 11.2. The summed E-state index contributed by atoms with van der Waals surface area (Å²) in [5.41, 5.74) is 1.03. The molecule has 5 nitrogen and oxygen atoms in total. The van der Waals surface area contributed by atoms with Gasteiger partial charge in [-0.15, -0.1) is 0 Å². The normalized spacial score (nSPS) is 17.1. The summed E-state index contributed by atoms with van der Waals surface area (Å²) in [5.74, 6) is 0.790. The van der Waals surface area contributed by atoms with Gasteiger partial charge in [0.15, 0.2) is 0 Å². The zero-order valence-electron chi connectivity index (χ0n) is 11.7. The highest BCUT2D eigenvalue weighted by molar-refractivity contribution is 7.89. The lowest BCUT2D eigenvalue weighted by Crippen LogP contribution is -2.23. The van der Waals surface area contributed by atoms with Gasteiger partial charge in [-0.25, -0.2) is 13.6 Å². The van der Waals surface area contributed by atoms with Crippen LogP contribution >= 0.6 is 0 Å². The van der Waals surface area contributed by atoms with Crippen LogP contribution in [0.4, 0.5) is 0 Å². The lowest BCUT2D eigenvalue weighted by molar-refractivity contribution is 0.124. The first-order chi connectivity index (χ1) is 9.47. The van der Waals surface area contributed by atoms with Crippen LogP contribution in [-0.4, -0.2) is 28.2 Å². The molecule has 1 unspecified atom stereocenters. The summed E-state index contributed by atoms with van der Waals surface area (Å²) in [4.78, 5) is 0.140. The quantitative estimate of drug-likeness (QED) is 0.711. The lowest BCUT2D eigenvalue weighted by Gasteiger charge is -2.14. The van der Waals surface area contributed by atoms with E-state index in [2.05, 4.69) is 5.32 Å². The van der Waals surface area contributed by atoms with E-state index in [0.717, 1.165) is 24.6 Å². The van der Waals surface area contributed by atoms with Gasteiger partial charge in [0.1, 0.15) is 0 Å². The molecule has 2 rings (SSSR count). The second kappa shape index (κ2) is 6.67. The van der Waals surface area contributed by atoms with Crippen LogP contribution in [0.15, 0.2) is 29.2 Å². The molecule has 0 heterocycles. The van der Waals surface area contributed by atoms with Crippen molar-refractivity contribution in [2.75, 3.05) is 19.8 Å². The van der Waals surface area contributed by atoms with Gasteiger partial charge in [-0.1, -0.05) is 12.1 Å². The van der Waals surface area contributed by atoms with Gasteiger partial charge in [0.2, 0.25) is 10.0 Å². The van der Waals surface area contributed by atoms with Crippen molar-refractivity contribution in [3.05, 3.63) is 29.8 Å². The maximum Gasteiger partial charge on any atom is 0.238 e. The molecule has 0 saturated heterocycles. The minimum atomic E-state index is -3.61. The van der Waals surface area contributed by atoms with E-state index in [1.54, 1.807) is 12.1 Å². The van der Waals surface area contributed by atoms with Gasteiger partial charge in [-0.3, -0.25) is 0 Å². The molecule has 1 aromatic rings. The predicted octanol–water partition coefficient (Wildman–Crippen LogP) is 1.41. The van der Waals surface area contributed by atoms with E-state index in [1.807, 2.05) is 6.92 Å². The van der Waals surface area contributed by atoms with Crippen LogP contribution < -0.4 is 10.5 Å². The van der Waals surface area contributed by atoms with Crippen molar-refractivity contribution in [2.45, 2.75) is 30.7 Å². The van der Waals surface area contributed by atoms with Crippen LogP contribution in [0.5, 0.6) is 0 Å². The minimum Gasteiger partial charge on any atom is -0.380 e. The van der Waals surface area contributed by atoms with Crippen molar-refractivity contribution in [3.63, 3.8) is 0 Å². The predicted molar refractivity (Wildman–Crippen MR) is 77.8 cm³/mol. The molecule has 0 spiro atoms. The zero-order chi connectivity index (χ0) is 14.6. The van der Waals surface area contributed by atoms with E-state index >= 15 is 0 Å². The van der Waals surface area contributed by atoms with E-state index in [4.69, 9.17) is 9.88 Å². The molecule has 112 valence electrons. The molecule has 0 aromatic heterocycles. The molecule has 0 amide bonds. The number of nitrogens with one attached hydrogen (secondary N) is 1. The van der Waals surface area contributed by atoms with E-state index in [-0.39, 0.29) is 10.9 Å². The van der Waals surface area contributed by atoms with Gasteiger partial charge in [0.25, 0.3) is 0 Å². The summed E-state index contributed by atoms with van der Waals surface area (Å²) in [5, 5.41) is 8.41. The summed E-state index contributed by atoms with van der Waals surface area (Å²) >= 11 is 0. The number of benzene rings is 1. The second-order valence-corrected chi connectivity index (χ2v) is 6.87. The Labute approximate surface area is 120 Å². The molecule has 0 aliphatic heterocycles. The third kappa shape index (κ3) is 4.86. The largest absolute Gasteiger partial charge is 0.380 e. The molecule has 1 aliphatic rings. The number of hydrogen-bond donors (Lipinski definition) is 2. The van der Waals surface area contributed by atoms with Crippen LogP contribution in [0.2, 0.25) is 0 Å². The Bertz CT molecular complexity index is 524. The Morgan fingerprint density at radius 2 is 2.00 bits per heavy atom. The number of hydrogen-bond acceptors (Lipinski definition) is 4. The van der Waals surface area contributed by atoms with E-state index in [1.165, 1.54) is 25.0 Å². The van der Waals surface area contributed by atoms with E-state index < -0.39 is 10.0 Å². The summed E-state index contributed by atoms with van der Waals surface area (Å²) in [6.07, 6.45) is 2.61. The van der Waals surface area contributed by atoms with E-state index in [9.17, 15) is 8.42 Å². The SMILES string of the molecule is CC(NCCOCC1CC1)c1ccc(S(N)(=O)=O)cc1. The molecular formula is C14H22N2O3S. The number of sulfonamides is 1. The molecule has 6 heteroatoms. The average Bonchev–Trinajstić information content (AvgIpc) is 3.21. The van der Waals surface area contributed by atoms with Crippen molar-refractivity contribution in [3.8, 4) is 0 Å². The highest BCUT2D eigenvalue weighted by atomic mass is 32.2. The average molecular weight is 298 g/mol. The molecule has 1 aromatic carbocycles. The molecule has 20 heavy (non-hydrogen) atoms. The Hall–Kier alpha value is -0.950. The first-order valence-corrected chi connectivity index (χ1v) is 8.45. The van der Waals surface area contributed by atoms with Crippen LogP contribution in [0.3, 0.4) is 0 Å². The Morgan fingerprint density at radius 1 is 1.35 bits per heavy atom. The monoisotopic (exact) mass is 298 g/mol. The van der Waals surface area contributed by atoms with Gasteiger partial charge in [-0.05, 0) is 43.4 Å². The summed E-state index contributed by atoms with van der Waals surface area (Å²) in [6, 6.07) is 6.78. The fraction of sp³-hybridized carbons (Fsp3) is 0.571. The Balaban J connectivity index is 1.75. The summed E-state index contributed by atoms with van der Waals surface area (Å²) < 4.78 is 27.9. The maximum absolute atomic E-state index is 11.2. The highest BCUT2D eigenvalue weighted by Gasteiger charge is 2.20. The third-order valence-electron chi connectivity index (χ3n) is 3.46. The number of primary sulfonamides is 1. The fourth-order valence-electron chi connectivity index (χ4n) is 1.95. The molecule has 3 N–H and O–H groups in total. The van der Waals surface area contributed by atoms with Gasteiger partial charge in [-0.2, -0.15) is 0 Å². The first kappa shape index (κ1) is 15.4. The standard InChI is InChI=1S/C14H22N2O3S/c1-11(16-8-9-19-10-12-2-3-12)13-4-6-14(7-5-13)20(15,17)18/h4-7,11-12,16H,2-3,8-10H2,1H3,(H2,15,17,18). The van der Waals surface area contributed by atoms with Gasteiger partial charge in [0, 0.05) is 19.2 Å². The van der Waals surface area contributed by atoms with Crippen molar-refractivity contribution in [1.82, 2.24) is 5.32 Å². The number of rotatable bonds is 8. The Kier molecular flexibility index (Phi) is 5.15. The fourth-order valence-corrected chi connectivity index (χ4v) is 2.46. The Morgan fingerprint density at radius 3 is 2.55 bits per heavy atom. The minimum absolute atomic E-state index is 0.140. The van der Waals surface area contributed by atoms with Crippen molar-refractivity contribution < 1.29 is 13.2 Å². The molecular weight excluding hydrogens is 276 g/mol. The smallest absolute Gasteiger partial charge is 0.238 e. The molecule has 1 fully saturated rings. The third-order valence-corrected chi connectivity index (χ3v) is 4.39. The molecule has 1 atom stereocenters. The van der Waals surface area contributed by atoms with Crippen LogP contribution in [0.25, 0.3) is 0 Å². The summed E-state index contributed by atoms with van der Waals surface area (Å²) in [7, 11) is -3.61. The lowest BCUT2D eigenvalue weighted by atomic mass is 10.1. The van der Waals surface area contributed by atoms with Gasteiger partial charge in [0.05, 0.1) is 11.5 Å². The van der Waals surface area contributed by atoms with Crippen molar-refractivity contribution in [1.29, 1.82) is 0 Å². The first-order valence-electron chi connectivity index (χ1n) is 6.90. The topological polar surface area (TPSA) is 81.4 Å². The number of ether oxygens (including phenoxy) is 1. The molecule has 0 radical (unpaired) electrons. The zero-order valence-corrected chi connectivity index (χ0v) is 12.5.